The van der Waals surface area contributed by atoms with Crippen molar-refractivity contribution in [1.82, 2.24) is 24.4 Å². The molecule has 5 aromatic rings. The van der Waals surface area contributed by atoms with Crippen LogP contribution in [-0.4, -0.2) is 36.1 Å². The molecule has 2 aliphatic carbocycles. The minimum absolute atomic E-state index is 0.0835. The van der Waals surface area contributed by atoms with Gasteiger partial charge in [0.25, 0.3) is 5.91 Å². The number of aryl methyl sites for hydroxylation is 2. The lowest BCUT2D eigenvalue weighted by molar-refractivity contribution is -0.131. The molecule has 0 bridgehead atoms. The summed E-state index contributed by atoms with van der Waals surface area (Å²) in [5.74, 6) is 0.137. The summed E-state index contributed by atoms with van der Waals surface area (Å²) < 4.78 is 4.27. The SMILES string of the molecule is Cn1c(C2(NC(=O)c3cccc4c3c(C3CCCC3)c(-c3ccccn3)n4C)CCC2)nc2cc(/C=C/C(=O)O)ccc21. The van der Waals surface area contributed by atoms with Crippen LogP contribution in [0.2, 0.25) is 0 Å². The summed E-state index contributed by atoms with van der Waals surface area (Å²) in [4.78, 5) is 35.1. The van der Waals surface area contributed by atoms with Gasteiger partial charge in [0, 0.05) is 42.8 Å². The first-order valence-electron chi connectivity index (χ1n) is 15.1. The van der Waals surface area contributed by atoms with Crippen molar-refractivity contribution in [2.24, 2.45) is 14.1 Å². The highest BCUT2D eigenvalue weighted by molar-refractivity contribution is 6.10. The number of carbonyl (C=O) groups is 2. The average molecular weight is 574 g/mol. The van der Waals surface area contributed by atoms with Crippen molar-refractivity contribution in [3.05, 3.63) is 89.4 Å². The fraction of sp³-hybridized carbons (Fsp3) is 0.314. The summed E-state index contributed by atoms with van der Waals surface area (Å²) >= 11 is 0. The van der Waals surface area contributed by atoms with Crippen molar-refractivity contribution in [2.45, 2.75) is 56.4 Å². The van der Waals surface area contributed by atoms with Crippen molar-refractivity contribution in [1.29, 1.82) is 0 Å². The summed E-state index contributed by atoms with van der Waals surface area (Å²) in [6, 6.07) is 17.8. The molecule has 2 saturated carbocycles. The van der Waals surface area contributed by atoms with Gasteiger partial charge in [0.15, 0.2) is 0 Å². The number of carbonyl (C=O) groups excluding carboxylic acids is 1. The Morgan fingerprint density at radius 1 is 0.977 bits per heavy atom. The van der Waals surface area contributed by atoms with Crippen LogP contribution in [0.1, 0.15) is 78.2 Å². The van der Waals surface area contributed by atoms with Gasteiger partial charge in [0.05, 0.1) is 28.0 Å². The zero-order valence-electron chi connectivity index (χ0n) is 24.5. The van der Waals surface area contributed by atoms with E-state index in [0.717, 1.165) is 82.9 Å². The monoisotopic (exact) mass is 573 g/mol. The first kappa shape index (κ1) is 27.1. The molecule has 1 amide bonds. The first-order chi connectivity index (χ1) is 20.9. The molecule has 0 atom stereocenters. The molecule has 2 fully saturated rings. The number of imidazole rings is 1. The van der Waals surface area contributed by atoms with Gasteiger partial charge in [0.1, 0.15) is 5.82 Å². The Morgan fingerprint density at radius 3 is 2.49 bits per heavy atom. The zero-order chi connectivity index (χ0) is 29.7. The van der Waals surface area contributed by atoms with E-state index in [2.05, 4.69) is 33.6 Å². The van der Waals surface area contributed by atoms with Gasteiger partial charge in [-0.3, -0.25) is 9.78 Å². The largest absolute Gasteiger partial charge is 0.478 e. The Hall–Kier alpha value is -4.72. The summed E-state index contributed by atoms with van der Waals surface area (Å²) in [5.41, 5.74) is 6.93. The lowest BCUT2D eigenvalue weighted by atomic mass is 9.75. The quantitative estimate of drug-likeness (QED) is 0.211. The number of carboxylic acids is 1. The number of aromatic nitrogens is 4. The van der Waals surface area contributed by atoms with Crippen molar-refractivity contribution in [2.75, 3.05) is 0 Å². The molecule has 2 aromatic carbocycles. The van der Waals surface area contributed by atoms with Crippen LogP contribution in [0.3, 0.4) is 0 Å². The topological polar surface area (TPSA) is 102 Å². The molecule has 2 aliphatic rings. The molecule has 8 heteroatoms. The van der Waals surface area contributed by atoms with E-state index >= 15 is 0 Å². The fourth-order valence-electron chi connectivity index (χ4n) is 7.27. The first-order valence-corrected chi connectivity index (χ1v) is 15.1. The van der Waals surface area contributed by atoms with Crippen LogP contribution in [0.4, 0.5) is 0 Å². The van der Waals surface area contributed by atoms with E-state index in [1.807, 2.05) is 55.7 Å². The highest BCUT2D eigenvalue weighted by Gasteiger charge is 2.44. The molecule has 2 N–H and O–H groups in total. The van der Waals surface area contributed by atoms with Crippen LogP contribution in [0.15, 0.2) is 66.9 Å². The molecule has 0 saturated heterocycles. The second-order valence-electron chi connectivity index (χ2n) is 12.0. The van der Waals surface area contributed by atoms with Gasteiger partial charge in [-0.25, -0.2) is 9.78 Å². The van der Waals surface area contributed by atoms with Crippen molar-refractivity contribution in [3.63, 3.8) is 0 Å². The Balaban J connectivity index is 1.31. The maximum Gasteiger partial charge on any atom is 0.328 e. The highest BCUT2D eigenvalue weighted by Crippen LogP contribution is 2.46. The van der Waals surface area contributed by atoms with Gasteiger partial charge in [-0.2, -0.15) is 0 Å². The fourth-order valence-corrected chi connectivity index (χ4v) is 7.27. The minimum Gasteiger partial charge on any atom is -0.478 e. The number of aliphatic carboxylic acids is 1. The third kappa shape index (κ3) is 4.52. The zero-order valence-corrected chi connectivity index (χ0v) is 24.5. The number of nitrogens with one attached hydrogen (secondary N) is 1. The standard InChI is InChI=1S/C35H35N5O3/c1-39-28-13-7-11-24(31(28)30(23-9-3-4-10-23)32(39)25-12-5-6-20-36-25)33(43)38-35(18-8-19-35)34-37-26-21-22(15-17-29(41)42)14-16-27(26)40(34)2/h5-7,11-17,20-21,23H,3-4,8-10,18-19H2,1-2H3,(H,38,43)(H,41,42)/b17-15+. The third-order valence-corrected chi connectivity index (χ3v) is 9.49. The van der Waals surface area contributed by atoms with Crippen LogP contribution in [0, 0.1) is 0 Å². The third-order valence-electron chi connectivity index (χ3n) is 9.49. The highest BCUT2D eigenvalue weighted by atomic mass is 16.4. The Bertz CT molecular complexity index is 1910. The predicted octanol–water partition coefficient (Wildman–Crippen LogP) is 6.69. The number of fused-ring (bicyclic) bond motifs is 2. The van der Waals surface area contributed by atoms with Gasteiger partial charge >= 0.3 is 5.97 Å². The predicted molar refractivity (Wildman–Crippen MR) is 168 cm³/mol. The van der Waals surface area contributed by atoms with Crippen LogP contribution in [0.25, 0.3) is 39.4 Å². The molecule has 43 heavy (non-hydrogen) atoms. The number of amides is 1. The van der Waals surface area contributed by atoms with E-state index in [4.69, 9.17) is 15.1 Å². The lowest BCUT2D eigenvalue weighted by Gasteiger charge is -2.41. The van der Waals surface area contributed by atoms with E-state index in [1.165, 1.54) is 18.4 Å². The summed E-state index contributed by atoms with van der Waals surface area (Å²) in [5, 5.41) is 13.5. The van der Waals surface area contributed by atoms with E-state index in [1.54, 1.807) is 6.08 Å². The van der Waals surface area contributed by atoms with Crippen molar-refractivity contribution >= 4 is 39.9 Å². The van der Waals surface area contributed by atoms with Gasteiger partial charge in [0.2, 0.25) is 0 Å². The van der Waals surface area contributed by atoms with Gasteiger partial charge in [-0.1, -0.05) is 31.0 Å². The minimum atomic E-state index is -0.991. The van der Waals surface area contributed by atoms with Crippen LogP contribution in [0.5, 0.6) is 0 Å². The Labute approximate surface area is 250 Å². The van der Waals surface area contributed by atoms with Crippen LogP contribution < -0.4 is 5.32 Å². The number of carboxylic acid groups (broad SMARTS) is 1. The molecule has 0 spiro atoms. The van der Waals surface area contributed by atoms with Crippen LogP contribution in [-0.2, 0) is 24.4 Å². The van der Waals surface area contributed by atoms with E-state index in [-0.39, 0.29) is 5.91 Å². The number of pyridine rings is 1. The number of hydrogen-bond acceptors (Lipinski definition) is 4. The Kier molecular flexibility index (Phi) is 6.64. The molecule has 3 aromatic heterocycles. The van der Waals surface area contributed by atoms with E-state index in [0.29, 0.717) is 11.5 Å². The maximum atomic E-state index is 14.4. The number of nitrogens with zero attached hydrogens (tertiary/aromatic N) is 4. The smallest absolute Gasteiger partial charge is 0.328 e. The molecule has 7 rings (SSSR count). The average Bonchev–Trinajstić information content (AvgIpc) is 3.71. The molecule has 0 radical (unpaired) electrons. The number of hydrogen-bond donors (Lipinski definition) is 2. The molecule has 218 valence electrons. The molecule has 8 nitrogen and oxygen atoms in total. The van der Waals surface area contributed by atoms with Crippen molar-refractivity contribution in [3.8, 4) is 11.4 Å². The van der Waals surface area contributed by atoms with Gasteiger partial charge in [-0.15, -0.1) is 0 Å². The molecule has 3 heterocycles. The molecule has 0 unspecified atom stereocenters. The van der Waals surface area contributed by atoms with Crippen LogP contribution >= 0.6 is 0 Å². The normalized spacial score (nSPS) is 16.7. The van der Waals surface area contributed by atoms with Gasteiger partial charge < -0.3 is 19.6 Å². The molecular formula is C35H35N5O3. The lowest BCUT2D eigenvalue weighted by Crippen LogP contribution is -2.52. The summed E-state index contributed by atoms with van der Waals surface area (Å²) in [6.45, 7) is 0. The summed E-state index contributed by atoms with van der Waals surface area (Å²) in [7, 11) is 4.07. The number of rotatable bonds is 7. The van der Waals surface area contributed by atoms with Crippen molar-refractivity contribution < 1.29 is 14.7 Å². The maximum absolute atomic E-state index is 14.4. The Morgan fingerprint density at radius 2 is 1.79 bits per heavy atom. The second kappa shape index (κ2) is 10.5. The molecule has 0 aliphatic heterocycles. The molecular weight excluding hydrogens is 538 g/mol. The summed E-state index contributed by atoms with van der Waals surface area (Å²) in [6.07, 6.45) is 11.8. The van der Waals surface area contributed by atoms with E-state index < -0.39 is 11.5 Å². The number of benzene rings is 2. The van der Waals surface area contributed by atoms with Gasteiger partial charge in [-0.05, 0) is 91.6 Å². The second-order valence-corrected chi connectivity index (χ2v) is 12.0. The van der Waals surface area contributed by atoms with E-state index in [9.17, 15) is 9.59 Å².